The Kier molecular flexibility index (Phi) is 4.67. The monoisotopic (exact) mass is 351 g/mol. The number of sulfonamides is 1. The van der Waals surface area contributed by atoms with Crippen LogP contribution in [0.4, 0.5) is 5.69 Å². The van der Waals surface area contributed by atoms with E-state index in [9.17, 15) is 13.2 Å². The van der Waals surface area contributed by atoms with E-state index in [0.29, 0.717) is 11.3 Å². The Hall–Kier alpha value is -2.92. The summed E-state index contributed by atoms with van der Waals surface area (Å²) in [5, 5.41) is 2.20. The Morgan fingerprint density at radius 2 is 1.60 bits per heavy atom. The van der Waals surface area contributed by atoms with Crippen LogP contribution in [0.1, 0.15) is 15.9 Å². The molecular formula is C20H17NO3S. The quantitative estimate of drug-likeness (QED) is 0.556. The molecule has 0 saturated heterocycles. The van der Waals surface area contributed by atoms with Crippen LogP contribution in [0, 0.1) is 0 Å². The summed E-state index contributed by atoms with van der Waals surface area (Å²) in [4.78, 5) is 12.3. The van der Waals surface area contributed by atoms with Gasteiger partial charge in [-0.3, -0.25) is 9.52 Å². The summed E-state index contributed by atoms with van der Waals surface area (Å²) in [7, 11) is -3.33. The second-order valence-corrected chi connectivity index (χ2v) is 7.47. The third kappa shape index (κ3) is 4.33. The fourth-order valence-corrected chi connectivity index (χ4v) is 3.14. The Balaban J connectivity index is 1.80. The van der Waals surface area contributed by atoms with E-state index < -0.39 is 10.0 Å². The number of nitrogens with one attached hydrogen (secondary N) is 1. The van der Waals surface area contributed by atoms with Crippen molar-refractivity contribution in [2.75, 3.05) is 11.0 Å². The van der Waals surface area contributed by atoms with Crippen LogP contribution in [0.2, 0.25) is 0 Å². The number of allylic oxidation sites excluding steroid dienone is 1. The topological polar surface area (TPSA) is 63.2 Å². The molecule has 0 unspecified atom stereocenters. The van der Waals surface area contributed by atoms with Gasteiger partial charge in [-0.05, 0) is 46.7 Å². The van der Waals surface area contributed by atoms with Crippen molar-refractivity contribution in [3.8, 4) is 0 Å². The first-order chi connectivity index (χ1) is 11.9. The van der Waals surface area contributed by atoms with Gasteiger partial charge in [-0.2, -0.15) is 0 Å². The number of benzene rings is 3. The largest absolute Gasteiger partial charge is 0.289 e. The highest BCUT2D eigenvalue weighted by Gasteiger charge is 2.05. The van der Waals surface area contributed by atoms with Gasteiger partial charge in [-0.1, -0.05) is 48.5 Å². The van der Waals surface area contributed by atoms with Crippen LogP contribution in [0.15, 0.2) is 72.8 Å². The molecule has 126 valence electrons. The van der Waals surface area contributed by atoms with Crippen molar-refractivity contribution in [2.45, 2.75) is 0 Å². The van der Waals surface area contributed by atoms with Gasteiger partial charge in [0.05, 0.1) is 6.26 Å². The average Bonchev–Trinajstić information content (AvgIpc) is 2.59. The third-order valence-corrected chi connectivity index (χ3v) is 4.32. The van der Waals surface area contributed by atoms with Gasteiger partial charge in [0.25, 0.3) is 0 Å². The summed E-state index contributed by atoms with van der Waals surface area (Å²) in [5.74, 6) is -0.140. The molecule has 0 aliphatic carbocycles. The number of carbonyl (C=O) groups excluding carboxylic acids is 1. The van der Waals surface area contributed by atoms with Crippen molar-refractivity contribution in [3.63, 3.8) is 0 Å². The first-order valence-electron chi connectivity index (χ1n) is 7.70. The first kappa shape index (κ1) is 16.9. The summed E-state index contributed by atoms with van der Waals surface area (Å²) < 4.78 is 24.8. The number of anilines is 1. The highest BCUT2D eigenvalue weighted by Crippen LogP contribution is 2.20. The van der Waals surface area contributed by atoms with E-state index >= 15 is 0 Å². The molecular weight excluding hydrogens is 334 g/mol. The summed E-state index contributed by atoms with van der Waals surface area (Å²) in [5.41, 5.74) is 1.90. The molecule has 0 fully saturated rings. The average molecular weight is 351 g/mol. The zero-order chi connectivity index (χ0) is 17.9. The first-order valence-corrected chi connectivity index (χ1v) is 9.59. The maximum Gasteiger partial charge on any atom is 0.229 e. The summed E-state index contributed by atoms with van der Waals surface area (Å²) >= 11 is 0. The van der Waals surface area contributed by atoms with Gasteiger partial charge in [0.15, 0.2) is 5.78 Å². The summed E-state index contributed by atoms with van der Waals surface area (Å²) in [6.45, 7) is 0. The smallest absolute Gasteiger partial charge is 0.229 e. The van der Waals surface area contributed by atoms with Gasteiger partial charge in [0.2, 0.25) is 10.0 Å². The maximum absolute atomic E-state index is 12.3. The number of carbonyl (C=O) groups is 1. The van der Waals surface area contributed by atoms with E-state index in [1.807, 2.05) is 42.5 Å². The van der Waals surface area contributed by atoms with Crippen molar-refractivity contribution in [3.05, 3.63) is 83.9 Å². The molecule has 0 radical (unpaired) electrons. The van der Waals surface area contributed by atoms with Crippen LogP contribution in [-0.2, 0) is 10.0 Å². The van der Waals surface area contributed by atoms with Gasteiger partial charge in [-0.25, -0.2) is 8.42 Å². The van der Waals surface area contributed by atoms with E-state index in [-0.39, 0.29) is 5.78 Å². The number of ketones is 1. The van der Waals surface area contributed by atoms with Crippen LogP contribution in [0.25, 0.3) is 16.8 Å². The molecule has 0 bridgehead atoms. The van der Waals surface area contributed by atoms with Crippen LogP contribution < -0.4 is 4.72 Å². The molecule has 0 spiro atoms. The molecule has 0 amide bonds. The van der Waals surface area contributed by atoms with Crippen LogP contribution in [0.3, 0.4) is 0 Å². The SMILES string of the molecule is CS(=O)(=O)Nc1ccc(C(=O)/C=C/c2cccc3ccccc23)cc1. The molecule has 0 heterocycles. The van der Waals surface area contributed by atoms with Crippen LogP contribution in [0.5, 0.6) is 0 Å². The van der Waals surface area contributed by atoms with Crippen LogP contribution in [-0.4, -0.2) is 20.5 Å². The van der Waals surface area contributed by atoms with Crippen LogP contribution >= 0.6 is 0 Å². The van der Waals surface area contributed by atoms with E-state index in [2.05, 4.69) is 4.72 Å². The minimum Gasteiger partial charge on any atom is -0.289 e. The molecule has 0 aliphatic rings. The zero-order valence-electron chi connectivity index (χ0n) is 13.6. The highest BCUT2D eigenvalue weighted by molar-refractivity contribution is 7.92. The number of rotatable bonds is 5. The standard InChI is InChI=1S/C20H17NO3S/c1-25(23,24)21-18-12-9-17(10-13-18)20(22)14-11-16-7-4-6-15-5-2-3-8-19(15)16/h2-14,21H,1H3/b14-11+. The van der Waals surface area contributed by atoms with E-state index in [4.69, 9.17) is 0 Å². The van der Waals surface area contributed by atoms with Crippen molar-refractivity contribution >= 4 is 38.3 Å². The van der Waals surface area contributed by atoms with Gasteiger partial charge < -0.3 is 0 Å². The van der Waals surface area contributed by atoms with Crippen molar-refractivity contribution < 1.29 is 13.2 Å². The molecule has 25 heavy (non-hydrogen) atoms. The van der Waals surface area contributed by atoms with Gasteiger partial charge in [0, 0.05) is 11.3 Å². The summed E-state index contributed by atoms with van der Waals surface area (Å²) in [6, 6.07) is 20.3. The lowest BCUT2D eigenvalue weighted by Crippen LogP contribution is -2.09. The van der Waals surface area contributed by atoms with E-state index in [1.165, 1.54) is 6.08 Å². The number of hydrogen-bond acceptors (Lipinski definition) is 3. The lowest BCUT2D eigenvalue weighted by atomic mass is 10.0. The molecule has 5 heteroatoms. The van der Waals surface area contributed by atoms with Gasteiger partial charge >= 0.3 is 0 Å². The molecule has 0 aliphatic heterocycles. The molecule has 0 saturated carbocycles. The fraction of sp³-hybridized carbons (Fsp3) is 0.0500. The second-order valence-electron chi connectivity index (χ2n) is 5.72. The van der Waals surface area contributed by atoms with Crippen molar-refractivity contribution in [1.29, 1.82) is 0 Å². The molecule has 0 aromatic heterocycles. The minimum atomic E-state index is -3.33. The maximum atomic E-state index is 12.3. The number of fused-ring (bicyclic) bond motifs is 1. The number of hydrogen-bond donors (Lipinski definition) is 1. The van der Waals surface area contributed by atoms with E-state index in [0.717, 1.165) is 22.6 Å². The minimum absolute atomic E-state index is 0.140. The lowest BCUT2D eigenvalue weighted by molar-refractivity contribution is 0.104. The summed E-state index contributed by atoms with van der Waals surface area (Å²) in [6.07, 6.45) is 4.41. The predicted molar refractivity (Wildman–Crippen MR) is 102 cm³/mol. The Morgan fingerprint density at radius 3 is 2.32 bits per heavy atom. The van der Waals surface area contributed by atoms with Gasteiger partial charge in [-0.15, -0.1) is 0 Å². The van der Waals surface area contributed by atoms with Crippen molar-refractivity contribution in [1.82, 2.24) is 0 Å². The molecule has 4 nitrogen and oxygen atoms in total. The lowest BCUT2D eigenvalue weighted by Gasteiger charge is -2.04. The zero-order valence-corrected chi connectivity index (χ0v) is 14.5. The molecule has 3 aromatic carbocycles. The normalized spacial score (nSPS) is 11.7. The Bertz CT molecular complexity index is 1050. The molecule has 0 atom stereocenters. The second kappa shape index (κ2) is 6.91. The Labute approximate surface area is 146 Å². The van der Waals surface area contributed by atoms with Crippen molar-refractivity contribution in [2.24, 2.45) is 0 Å². The molecule has 3 aromatic rings. The highest BCUT2D eigenvalue weighted by atomic mass is 32.2. The van der Waals surface area contributed by atoms with E-state index in [1.54, 1.807) is 30.3 Å². The molecule has 3 rings (SSSR count). The third-order valence-electron chi connectivity index (χ3n) is 3.71. The predicted octanol–water partition coefficient (Wildman–Crippen LogP) is 4.11. The van der Waals surface area contributed by atoms with Gasteiger partial charge in [0.1, 0.15) is 0 Å². The molecule has 1 N–H and O–H groups in total. The Morgan fingerprint density at radius 1 is 0.920 bits per heavy atom. The fourth-order valence-electron chi connectivity index (χ4n) is 2.57.